The highest BCUT2D eigenvalue weighted by Gasteiger charge is 2.10. The number of halogens is 2. The van der Waals surface area contributed by atoms with E-state index in [-0.39, 0.29) is 12.8 Å². The summed E-state index contributed by atoms with van der Waals surface area (Å²) in [6, 6.07) is 15.4. The van der Waals surface area contributed by atoms with Gasteiger partial charge in [0.1, 0.15) is 0 Å². The first kappa shape index (κ1) is 16.1. The molecule has 2 aromatic carbocycles. The van der Waals surface area contributed by atoms with E-state index in [1.807, 2.05) is 48.5 Å². The zero-order valence-corrected chi connectivity index (χ0v) is 13.3. The minimum atomic E-state index is -0.431. The second-order valence-corrected chi connectivity index (χ2v) is 6.38. The molecular formula is C16H12Cl2O2S. The van der Waals surface area contributed by atoms with Gasteiger partial charge in [-0.2, -0.15) is 0 Å². The van der Waals surface area contributed by atoms with Gasteiger partial charge in [-0.1, -0.05) is 42.1 Å². The Morgan fingerprint density at radius 3 is 2.19 bits per heavy atom. The van der Waals surface area contributed by atoms with Crippen LogP contribution < -0.4 is 0 Å². The molecule has 0 heterocycles. The monoisotopic (exact) mass is 338 g/mol. The zero-order chi connectivity index (χ0) is 15.2. The quantitative estimate of drug-likeness (QED) is 0.729. The van der Waals surface area contributed by atoms with Crippen molar-refractivity contribution in [3.63, 3.8) is 0 Å². The van der Waals surface area contributed by atoms with Gasteiger partial charge in [0.15, 0.2) is 0 Å². The van der Waals surface area contributed by atoms with Crippen LogP contribution in [0, 0.1) is 0 Å². The number of rotatable bonds is 6. The average Bonchev–Trinajstić information content (AvgIpc) is 2.41. The molecule has 0 unspecified atom stereocenters. The van der Waals surface area contributed by atoms with Crippen molar-refractivity contribution in [2.45, 2.75) is 22.6 Å². The molecule has 0 aromatic heterocycles. The molecule has 2 rings (SSSR count). The Balaban J connectivity index is 2.30. The largest absolute Gasteiger partial charge is 0.281 e. The summed E-state index contributed by atoms with van der Waals surface area (Å²) in [5.74, 6) is 0. The highest BCUT2D eigenvalue weighted by Crippen LogP contribution is 2.31. The second kappa shape index (κ2) is 7.64. The van der Waals surface area contributed by atoms with Crippen LogP contribution in [0.1, 0.15) is 11.1 Å². The van der Waals surface area contributed by atoms with Gasteiger partial charge in [-0.05, 0) is 52.5 Å². The van der Waals surface area contributed by atoms with Gasteiger partial charge in [0, 0.05) is 22.6 Å². The third-order valence-electron chi connectivity index (χ3n) is 2.77. The summed E-state index contributed by atoms with van der Waals surface area (Å²) in [6.45, 7) is 0. The summed E-state index contributed by atoms with van der Waals surface area (Å²) in [7, 11) is 0. The fraction of sp³-hybridized carbons (Fsp3) is 0.125. The minimum absolute atomic E-state index is 0.126. The number of hydrogen-bond acceptors (Lipinski definition) is 3. The van der Waals surface area contributed by atoms with Gasteiger partial charge in [0.25, 0.3) is 0 Å². The van der Waals surface area contributed by atoms with E-state index in [9.17, 15) is 9.59 Å². The van der Waals surface area contributed by atoms with Gasteiger partial charge in [0.2, 0.25) is 10.5 Å². The van der Waals surface area contributed by atoms with Crippen molar-refractivity contribution in [3.05, 3.63) is 59.7 Å². The lowest BCUT2D eigenvalue weighted by molar-refractivity contribution is -0.111. The van der Waals surface area contributed by atoms with Crippen LogP contribution in [0.4, 0.5) is 0 Å². The van der Waals surface area contributed by atoms with Crippen LogP contribution >= 0.6 is 35.0 Å². The van der Waals surface area contributed by atoms with Crippen molar-refractivity contribution < 1.29 is 9.59 Å². The Kier molecular flexibility index (Phi) is 5.85. The molecule has 0 saturated carbocycles. The molecule has 0 fully saturated rings. The van der Waals surface area contributed by atoms with Crippen molar-refractivity contribution in [3.8, 4) is 0 Å². The number of benzene rings is 2. The Bertz CT molecular complexity index is 657. The molecule has 0 amide bonds. The van der Waals surface area contributed by atoms with Gasteiger partial charge in [0.05, 0.1) is 0 Å². The van der Waals surface area contributed by atoms with E-state index in [1.165, 1.54) is 0 Å². The molecule has 108 valence electrons. The standard InChI is InChI=1S/C16H12Cl2O2S/c17-15(19)9-11-6-7-14(12(8-11)10-16(18)20)21-13-4-2-1-3-5-13/h1-8H,9-10H2. The maximum atomic E-state index is 11.2. The van der Waals surface area contributed by atoms with Crippen LogP contribution in [0.3, 0.4) is 0 Å². The summed E-state index contributed by atoms with van der Waals surface area (Å²) in [5, 5.41) is -0.860. The molecule has 0 aliphatic rings. The average molecular weight is 339 g/mol. The molecular weight excluding hydrogens is 327 g/mol. The van der Waals surface area contributed by atoms with E-state index < -0.39 is 10.5 Å². The molecule has 0 bridgehead atoms. The SMILES string of the molecule is O=C(Cl)Cc1ccc(Sc2ccccc2)c(CC(=O)Cl)c1. The summed E-state index contributed by atoms with van der Waals surface area (Å²) >= 11 is 12.5. The summed E-state index contributed by atoms with van der Waals surface area (Å²) < 4.78 is 0. The first-order chi connectivity index (χ1) is 10.0. The lowest BCUT2D eigenvalue weighted by atomic mass is 10.1. The van der Waals surface area contributed by atoms with Crippen LogP contribution in [0.15, 0.2) is 58.3 Å². The summed E-state index contributed by atoms with van der Waals surface area (Å²) in [5.41, 5.74) is 1.58. The summed E-state index contributed by atoms with van der Waals surface area (Å²) in [4.78, 5) is 24.2. The number of carbonyl (C=O) groups is 2. The van der Waals surface area contributed by atoms with Crippen LogP contribution in [-0.2, 0) is 22.4 Å². The Hall–Kier alpha value is -1.29. The first-order valence-electron chi connectivity index (χ1n) is 6.26. The van der Waals surface area contributed by atoms with Gasteiger partial charge in [-0.3, -0.25) is 9.59 Å². The normalized spacial score (nSPS) is 10.4. The van der Waals surface area contributed by atoms with Crippen LogP contribution in [0.2, 0.25) is 0 Å². The van der Waals surface area contributed by atoms with Crippen molar-refractivity contribution >= 4 is 45.4 Å². The van der Waals surface area contributed by atoms with E-state index in [2.05, 4.69) is 0 Å². The predicted molar refractivity (Wildman–Crippen MR) is 86.1 cm³/mol. The van der Waals surface area contributed by atoms with Gasteiger partial charge < -0.3 is 0 Å². The molecule has 2 nitrogen and oxygen atoms in total. The van der Waals surface area contributed by atoms with Crippen LogP contribution in [0.25, 0.3) is 0 Å². The van der Waals surface area contributed by atoms with E-state index in [0.717, 1.165) is 20.9 Å². The minimum Gasteiger partial charge on any atom is -0.281 e. The topological polar surface area (TPSA) is 34.1 Å². The highest BCUT2D eigenvalue weighted by molar-refractivity contribution is 7.99. The molecule has 5 heteroatoms. The lowest BCUT2D eigenvalue weighted by Crippen LogP contribution is -2.00. The van der Waals surface area contributed by atoms with E-state index in [1.54, 1.807) is 11.8 Å². The first-order valence-corrected chi connectivity index (χ1v) is 7.83. The Morgan fingerprint density at radius 2 is 1.57 bits per heavy atom. The van der Waals surface area contributed by atoms with Crippen molar-refractivity contribution in [1.82, 2.24) is 0 Å². The van der Waals surface area contributed by atoms with E-state index in [4.69, 9.17) is 23.2 Å². The third kappa shape index (κ3) is 5.20. The van der Waals surface area contributed by atoms with Gasteiger partial charge in [-0.25, -0.2) is 0 Å². The van der Waals surface area contributed by atoms with Gasteiger partial charge in [-0.15, -0.1) is 0 Å². The molecule has 0 aliphatic heterocycles. The summed E-state index contributed by atoms with van der Waals surface area (Å²) in [6.07, 6.45) is 0.266. The molecule has 21 heavy (non-hydrogen) atoms. The Morgan fingerprint density at radius 1 is 0.905 bits per heavy atom. The van der Waals surface area contributed by atoms with Crippen LogP contribution in [-0.4, -0.2) is 10.5 Å². The number of hydrogen-bond donors (Lipinski definition) is 0. The fourth-order valence-corrected chi connectivity index (χ4v) is 3.15. The van der Waals surface area contributed by atoms with E-state index >= 15 is 0 Å². The van der Waals surface area contributed by atoms with Crippen molar-refractivity contribution in [2.75, 3.05) is 0 Å². The maximum Gasteiger partial charge on any atom is 0.226 e. The smallest absolute Gasteiger partial charge is 0.226 e. The molecule has 0 aliphatic carbocycles. The third-order valence-corrected chi connectivity index (χ3v) is 4.16. The second-order valence-electron chi connectivity index (χ2n) is 4.42. The predicted octanol–water partition coefficient (Wildman–Crippen LogP) is 4.45. The van der Waals surface area contributed by atoms with E-state index in [0.29, 0.717) is 0 Å². The van der Waals surface area contributed by atoms with Crippen molar-refractivity contribution in [2.24, 2.45) is 0 Å². The van der Waals surface area contributed by atoms with Gasteiger partial charge >= 0.3 is 0 Å². The fourth-order valence-electron chi connectivity index (χ4n) is 1.91. The molecule has 0 saturated heterocycles. The Labute approximate surface area is 137 Å². The van der Waals surface area contributed by atoms with Crippen LogP contribution in [0.5, 0.6) is 0 Å². The maximum absolute atomic E-state index is 11.2. The molecule has 2 aromatic rings. The van der Waals surface area contributed by atoms with Crippen molar-refractivity contribution in [1.29, 1.82) is 0 Å². The lowest BCUT2D eigenvalue weighted by Gasteiger charge is -2.09. The number of carbonyl (C=O) groups excluding carboxylic acids is 2. The molecule has 0 radical (unpaired) electrons. The molecule has 0 atom stereocenters. The zero-order valence-electron chi connectivity index (χ0n) is 11.0. The highest BCUT2D eigenvalue weighted by atomic mass is 35.5. The molecule has 0 spiro atoms. The molecule has 0 N–H and O–H groups in total.